The van der Waals surface area contributed by atoms with Crippen molar-refractivity contribution in [1.29, 1.82) is 0 Å². The fraction of sp³-hybridized carbons (Fsp3) is 0.538. The Morgan fingerprint density at radius 1 is 1.53 bits per heavy atom. The maximum absolute atomic E-state index is 11.9. The van der Waals surface area contributed by atoms with Crippen LogP contribution in [0.25, 0.3) is 0 Å². The normalized spacial score (nSPS) is 23.4. The van der Waals surface area contributed by atoms with Crippen molar-refractivity contribution in [2.24, 2.45) is 0 Å². The Kier molecular flexibility index (Phi) is 3.96. The molecule has 0 spiro atoms. The van der Waals surface area contributed by atoms with E-state index in [1.54, 1.807) is 4.90 Å². The van der Waals surface area contributed by atoms with E-state index in [1.807, 2.05) is 0 Å². The van der Waals surface area contributed by atoms with Crippen molar-refractivity contribution < 1.29 is 9.59 Å². The van der Waals surface area contributed by atoms with Crippen LogP contribution in [0.4, 0.5) is 0 Å². The molecule has 2 amide bonds. The van der Waals surface area contributed by atoms with E-state index in [0.29, 0.717) is 13.1 Å². The van der Waals surface area contributed by atoms with E-state index >= 15 is 0 Å². The van der Waals surface area contributed by atoms with Crippen molar-refractivity contribution in [1.82, 2.24) is 10.2 Å². The van der Waals surface area contributed by atoms with E-state index in [0.717, 1.165) is 37.7 Å². The third-order valence-electron chi connectivity index (χ3n) is 3.27. The Morgan fingerprint density at radius 3 is 3.12 bits per heavy atom. The number of amides is 2. The van der Waals surface area contributed by atoms with Gasteiger partial charge in [-0.05, 0) is 31.3 Å². The van der Waals surface area contributed by atoms with Crippen molar-refractivity contribution in [3.8, 4) is 0 Å². The van der Waals surface area contributed by atoms with Gasteiger partial charge in [0.15, 0.2) is 0 Å². The summed E-state index contributed by atoms with van der Waals surface area (Å²) in [5.74, 6) is -0.0329. The molecule has 0 aromatic rings. The standard InChI is InChI=1S/C13H18N2O2/c16-10-15-8-4-7-12(15)13(17)14-9-11-5-2-1-3-6-11/h2,5-6,10,12H,1,3-4,7-9H2,(H,14,17). The number of carbonyl (C=O) groups excluding carboxylic acids is 2. The van der Waals surface area contributed by atoms with Gasteiger partial charge in [-0.15, -0.1) is 0 Å². The number of hydrogen-bond donors (Lipinski definition) is 1. The molecule has 1 unspecified atom stereocenters. The summed E-state index contributed by atoms with van der Waals surface area (Å²) in [6, 6.07) is -0.263. The third-order valence-corrected chi connectivity index (χ3v) is 3.27. The number of nitrogens with one attached hydrogen (secondary N) is 1. The van der Waals surface area contributed by atoms with Crippen LogP contribution in [0.3, 0.4) is 0 Å². The molecule has 0 aromatic carbocycles. The van der Waals surface area contributed by atoms with Gasteiger partial charge in [0, 0.05) is 13.1 Å². The second-order valence-electron chi connectivity index (χ2n) is 4.48. The molecule has 2 rings (SSSR count). The van der Waals surface area contributed by atoms with Crippen LogP contribution >= 0.6 is 0 Å². The Hall–Kier alpha value is -1.58. The van der Waals surface area contributed by atoms with Crippen LogP contribution in [-0.2, 0) is 9.59 Å². The second kappa shape index (κ2) is 5.66. The molecule has 2 aliphatic rings. The molecule has 1 heterocycles. The molecule has 1 aliphatic heterocycles. The number of rotatable bonds is 4. The van der Waals surface area contributed by atoms with Crippen LogP contribution in [0, 0.1) is 0 Å². The van der Waals surface area contributed by atoms with E-state index in [1.165, 1.54) is 0 Å². The highest BCUT2D eigenvalue weighted by Gasteiger charge is 2.29. The fourth-order valence-corrected chi connectivity index (χ4v) is 2.30. The molecule has 4 nitrogen and oxygen atoms in total. The van der Waals surface area contributed by atoms with E-state index < -0.39 is 0 Å². The van der Waals surface area contributed by atoms with Gasteiger partial charge in [-0.25, -0.2) is 0 Å². The smallest absolute Gasteiger partial charge is 0.243 e. The van der Waals surface area contributed by atoms with Gasteiger partial charge in [-0.3, -0.25) is 9.59 Å². The Morgan fingerprint density at radius 2 is 2.41 bits per heavy atom. The summed E-state index contributed by atoms with van der Waals surface area (Å²) in [6.45, 7) is 1.27. The lowest BCUT2D eigenvalue weighted by Crippen LogP contribution is -2.43. The molecule has 0 aromatic heterocycles. The zero-order chi connectivity index (χ0) is 12.1. The van der Waals surface area contributed by atoms with Crippen molar-refractivity contribution in [3.05, 3.63) is 23.8 Å². The molecule has 1 N–H and O–H groups in total. The van der Waals surface area contributed by atoms with Gasteiger partial charge in [0.25, 0.3) is 0 Å². The van der Waals surface area contributed by atoms with Crippen molar-refractivity contribution in [2.75, 3.05) is 13.1 Å². The average Bonchev–Trinajstić information content (AvgIpc) is 2.85. The number of hydrogen-bond acceptors (Lipinski definition) is 2. The predicted molar refractivity (Wildman–Crippen MR) is 65.3 cm³/mol. The SMILES string of the molecule is O=CN1CCCC1C(=O)NCC1=CCCC=C1. The number of nitrogens with zero attached hydrogens (tertiary/aromatic N) is 1. The molecule has 1 fully saturated rings. The molecule has 92 valence electrons. The van der Waals surface area contributed by atoms with Crippen LogP contribution in [0.5, 0.6) is 0 Å². The fourth-order valence-electron chi connectivity index (χ4n) is 2.30. The van der Waals surface area contributed by atoms with Crippen LogP contribution in [0.15, 0.2) is 23.8 Å². The summed E-state index contributed by atoms with van der Waals surface area (Å²) in [4.78, 5) is 24.2. The molecule has 1 atom stereocenters. The first-order valence-corrected chi connectivity index (χ1v) is 6.15. The van der Waals surface area contributed by atoms with Gasteiger partial charge in [0.05, 0.1) is 0 Å². The lowest BCUT2D eigenvalue weighted by Gasteiger charge is -2.19. The first-order chi connectivity index (χ1) is 8.31. The quantitative estimate of drug-likeness (QED) is 0.738. The summed E-state index contributed by atoms with van der Waals surface area (Å²) in [5, 5.41) is 2.90. The summed E-state index contributed by atoms with van der Waals surface area (Å²) in [6.07, 6.45) is 10.9. The van der Waals surface area contributed by atoms with Crippen molar-refractivity contribution in [2.45, 2.75) is 31.7 Å². The zero-order valence-corrected chi connectivity index (χ0v) is 9.89. The highest BCUT2D eigenvalue weighted by Crippen LogP contribution is 2.15. The molecule has 0 bridgehead atoms. The largest absolute Gasteiger partial charge is 0.350 e. The van der Waals surface area contributed by atoms with Gasteiger partial charge < -0.3 is 10.2 Å². The maximum Gasteiger partial charge on any atom is 0.243 e. The zero-order valence-electron chi connectivity index (χ0n) is 9.89. The molecule has 1 aliphatic carbocycles. The highest BCUT2D eigenvalue weighted by atomic mass is 16.2. The van der Waals surface area contributed by atoms with Gasteiger partial charge >= 0.3 is 0 Å². The average molecular weight is 234 g/mol. The lowest BCUT2D eigenvalue weighted by atomic mass is 10.1. The molecule has 4 heteroatoms. The summed E-state index contributed by atoms with van der Waals surface area (Å²) >= 11 is 0. The Bertz CT molecular complexity index is 360. The molecular formula is C13H18N2O2. The minimum Gasteiger partial charge on any atom is -0.350 e. The number of allylic oxidation sites excluding steroid dienone is 2. The van der Waals surface area contributed by atoms with Gasteiger partial charge in [0.2, 0.25) is 12.3 Å². The number of likely N-dealkylation sites (tertiary alicyclic amines) is 1. The van der Waals surface area contributed by atoms with Crippen molar-refractivity contribution >= 4 is 12.3 Å². The van der Waals surface area contributed by atoms with E-state index in [4.69, 9.17) is 0 Å². The lowest BCUT2D eigenvalue weighted by molar-refractivity contribution is -0.130. The van der Waals surface area contributed by atoms with Gasteiger partial charge in [-0.2, -0.15) is 0 Å². The summed E-state index contributed by atoms with van der Waals surface area (Å²) in [5.41, 5.74) is 1.15. The summed E-state index contributed by atoms with van der Waals surface area (Å²) in [7, 11) is 0. The Labute approximate surface area is 101 Å². The Balaban J connectivity index is 1.82. The first-order valence-electron chi connectivity index (χ1n) is 6.15. The van der Waals surface area contributed by atoms with E-state index in [-0.39, 0.29) is 11.9 Å². The molecule has 17 heavy (non-hydrogen) atoms. The molecular weight excluding hydrogens is 216 g/mol. The van der Waals surface area contributed by atoms with Gasteiger partial charge in [0.1, 0.15) is 6.04 Å². The van der Waals surface area contributed by atoms with Crippen LogP contribution in [0.1, 0.15) is 25.7 Å². The first kappa shape index (κ1) is 11.9. The van der Waals surface area contributed by atoms with Crippen molar-refractivity contribution in [3.63, 3.8) is 0 Å². The number of carbonyl (C=O) groups is 2. The van der Waals surface area contributed by atoms with E-state index in [2.05, 4.69) is 23.5 Å². The molecule has 1 saturated heterocycles. The van der Waals surface area contributed by atoms with Gasteiger partial charge in [-0.1, -0.05) is 18.2 Å². The minimum absolute atomic E-state index is 0.0329. The molecule has 0 saturated carbocycles. The third kappa shape index (κ3) is 2.96. The van der Waals surface area contributed by atoms with Crippen LogP contribution < -0.4 is 5.32 Å². The second-order valence-corrected chi connectivity index (χ2v) is 4.48. The minimum atomic E-state index is -0.263. The predicted octanol–water partition coefficient (Wildman–Crippen LogP) is 1.000. The highest BCUT2D eigenvalue weighted by molar-refractivity contribution is 5.84. The van der Waals surface area contributed by atoms with Crippen LogP contribution in [0.2, 0.25) is 0 Å². The summed E-state index contributed by atoms with van der Waals surface area (Å²) < 4.78 is 0. The van der Waals surface area contributed by atoms with E-state index in [9.17, 15) is 9.59 Å². The maximum atomic E-state index is 11.9. The molecule has 0 radical (unpaired) electrons. The topological polar surface area (TPSA) is 49.4 Å². The van der Waals surface area contributed by atoms with Crippen LogP contribution in [-0.4, -0.2) is 36.3 Å². The monoisotopic (exact) mass is 234 g/mol.